The fourth-order valence-corrected chi connectivity index (χ4v) is 2.59. The van der Waals surface area contributed by atoms with E-state index in [0.29, 0.717) is 0 Å². The van der Waals surface area contributed by atoms with Crippen molar-refractivity contribution in [2.75, 3.05) is 21.3 Å². The first-order valence-electron chi connectivity index (χ1n) is 7.13. The predicted molar refractivity (Wildman–Crippen MR) is 86.2 cm³/mol. The largest absolute Gasteiger partial charge is 0.493 e. The van der Waals surface area contributed by atoms with Gasteiger partial charge in [-0.15, -0.1) is 0 Å². The summed E-state index contributed by atoms with van der Waals surface area (Å²) in [5.41, 5.74) is 3.85. The third-order valence-electron chi connectivity index (χ3n) is 3.80. The number of aryl methyl sites for hydroxylation is 1. The van der Waals surface area contributed by atoms with Gasteiger partial charge < -0.3 is 14.8 Å². The van der Waals surface area contributed by atoms with Gasteiger partial charge in [0.2, 0.25) is 0 Å². The fourth-order valence-electron chi connectivity index (χ4n) is 2.59. The Morgan fingerprint density at radius 1 is 1.00 bits per heavy atom. The van der Waals surface area contributed by atoms with E-state index in [2.05, 4.69) is 42.6 Å². The van der Waals surface area contributed by atoms with Crippen molar-refractivity contribution < 1.29 is 9.47 Å². The Morgan fingerprint density at radius 2 is 1.71 bits per heavy atom. The highest BCUT2D eigenvalue weighted by atomic mass is 16.5. The van der Waals surface area contributed by atoms with Gasteiger partial charge in [0, 0.05) is 6.04 Å². The second kappa shape index (κ2) is 7.14. The van der Waals surface area contributed by atoms with Crippen LogP contribution in [0.3, 0.4) is 0 Å². The third-order valence-corrected chi connectivity index (χ3v) is 3.80. The highest BCUT2D eigenvalue weighted by Gasteiger charge is 2.13. The number of hydrogen-bond acceptors (Lipinski definition) is 3. The Labute approximate surface area is 126 Å². The fraction of sp³-hybridized carbons (Fsp3) is 0.333. The molecule has 0 saturated heterocycles. The van der Waals surface area contributed by atoms with Gasteiger partial charge in [-0.3, -0.25) is 0 Å². The van der Waals surface area contributed by atoms with E-state index < -0.39 is 0 Å². The van der Waals surface area contributed by atoms with Crippen LogP contribution in [0.25, 0.3) is 0 Å². The van der Waals surface area contributed by atoms with Crippen molar-refractivity contribution in [3.8, 4) is 11.5 Å². The Bertz CT molecular complexity index is 596. The van der Waals surface area contributed by atoms with Gasteiger partial charge in [-0.05, 0) is 49.2 Å². The lowest BCUT2D eigenvalue weighted by Crippen LogP contribution is -2.19. The van der Waals surface area contributed by atoms with Crippen LogP contribution in [0.2, 0.25) is 0 Å². The van der Waals surface area contributed by atoms with Crippen LogP contribution in [-0.2, 0) is 6.42 Å². The van der Waals surface area contributed by atoms with Gasteiger partial charge in [-0.25, -0.2) is 0 Å². The second-order valence-electron chi connectivity index (χ2n) is 5.09. The van der Waals surface area contributed by atoms with Crippen LogP contribution in [0, 0.1) is 6.92 Å². The number of hydrogen-bond donors (Lipinski definition) is 1. The summed E-state index contributed by atoms with van der Waals surface area (Å²) in [5, 5.41) is 3.40. The lowest BCUT2D eigenvalue weighted by atomic mass is 9.95. The minimum absolute atomic E-state index is 0.282. The first-order valence-corrected chi connectivity index (χ1v) is 7.13. The van der Waals surface area contributed by atoms with E-state index in [1.165, 1.54) is 16.7 Å². The summed E-state index contributed by atoms with van der Waals surface area (Å²) in [6, 6.07) is 14.9. The number of rotatable bonds is 6. The molecule has 21 heavy (non-hydrogen) atoms. The molecule has 0 spiro atoms. The van der Waals surface area contributed by atoms with Crippen molar-refractivity contribution in [1.82, 2.24) is 5.32 Å². The van der Waals surface area contributed by atoms with E-state index >= 15 is 0 Å². The molecule has 2 rings (SSSR count). The molecule has 1 unspecified atom stereocenters. The molecule has 0 amide bonds. The molecule has 0 aliphatic rings. The highest BCUT2D eigenvalue weighted by Crippen LogP contribution is 2.30. The Hall–Kier alpha value is -2.00. The molecular weight excluding hydrogens is 262 g/mol. The lowest BCUT2D eigenvalue weighted by molar-refractivity contribution is 0.354. The number of benzene rings is 2. The number of methoxy groups -OCH3 is 2. The Morgan fingerprint density at radius 3 is 2.33 bits per heavy atom. The molecule has 0 bridgehead atoms. The van der Waals surface area contributed by atoms with Crippen molar-refractivity contribution >= 4 is 0 Å². The van der Waals surface area contributed by atoms with Crippen molar-refractivity contribution in [2.24, 2.45) is 0 Å². The van der Waals surface area contributed by atoms with Crippen LogP contribution in [0.5, 0.6) is 11.5 Å². The predicted octanol–water partition coefficient (Wildman–Crippen LogP) is 3.52. The zero-order valence-corrected chi connectivity index (χ0v) is 13.1. The van der Waals surface area contributed by atoms with Crippen molar-refractivity contribution in [3.05, 3.63) is 59.2 Å². The molecule has 3 nitrogen and oxygen atoms in total. The highest BCUT2D eigenvalue weighted by molar-refractivity contribution is 5.43. The molecule has 1 N–H and O–H groups in total. The third kappa shape index (κ3) is 3.56. The van der Waals surface area contributed by atoms with Gasteiger partial charge in [0.1, 0.15) is 0 Å². The van der Waals surface area contributed by atoms with E-state index in [-0.39, 0.29) is 6.04 Å². The van der Waals surface area contributed by atoms with Crippen LogP contribution < -0.4 is 14.8 Å². The molecule has 2 aromatic carbocycles. The molecule has 0 aliphatic heterocycles. The van der Waals surface area contributed by atoms with Crippen LogP contribution in [-0.4, -0.2) is 21.3 Å². The van der Waals surface area contributed by atoms with Crippen molar-refractivity contribution in [3.63, 3.8) is 0 Å². The molecule has 0 aliphatic carbocycles. The molecular formula is C18H23NO2. The van der Waals surface area contributed by atoms with E-state index in [4.69, 9.17) is 9.47 Å². The normalized spacial score (nSPS) is 12.0. The average Bonchev–Trinajstić information content (AvgIpc) is 2.53. The molecule has 112 valence electrons. The summed E-state index contributed by atoms with van der Waals surface area (Å²) >= 11 is 0. The van der Waals surface area contributed by atoms with Gasteiger partial charge >= 0.3 is 0 Å². The Balaban J connectivity index is 2.25. The second-order valence-corrected chi connectivity index (χ2v) is 5.09. The van der Waals surface area contributed by atoms with Crippen LogP contribution in [0.15, 0.2) is 42.5 Å². The maximum Gasteiger partial charge on any atom is 0.160 e. The monoisotopic (exact) mass is 285 g/mol. The number of nitrogens with one attached hydrogen (secondary N) is 1. The molecule has 0 radical (unpaired) electrons. The topological polar surface area (TPSA) is 30.5 Å². The van der Waals surface area contributed by atoms with Crippen LogP contribution in [0.4, 0.5) is 0 Å². The maximum atomic E-state index is 5.38. The molecule has 2 aromatic rings. The van der Waals surface area contributed by atoms with Gasteiger partial charge in [-0.1, -0.05) is 30.3 Å². The zero-order valence-electron chi connectivity index (χ0n) is 13.1. The summed E-state index contributed by atoms with van der Waals surface area (Å²) in [6.45, 7) is 2.15. The van der Waals surface area contributed by atoms with Crippen molar-refractivity contribution in [2.45, 2.75) is 19.4 Å². The standard InChI is InChI=1S/C18H23NO2/c1-13-7-5-6-8-15(13)16(19-2)11-14-9-10-17(20-3)18(12-14)21-4/h5-10,12,16,19H,11H2,1-4H3. The molecule has 0 heterocycles. The first kappa shape index (κ1) is 15.4. The van der Waals surface area contributed by atoms with Crippen LogP contribution >= 0.6 is 0 Å². The quantitative estimate of drug-likeness (QED) is 0.881. The number of ether oxygens (including phenoxy) is 2. The Kier molecular flexibility index (Phi) is 5.23. The average molecular weight is 285 g/mol. The smallest absolute Gasteiger partial charge is 0.160 e. The molecule has 0 aromatic heterocycles. The van der Waals surface area contributed by atoms with Gasteiger partial charge in [0.15, 0.2) is 11.5 Å². The van der Waals surface area contributed by atoms with Crippen molar-refractivity contribution in [1.29, 1.82) is 0 Å². The minimum atomic E-state index is 0.282. The zero-order chi connectivity index (χ0) is 15.2. The van der Waals surface area contributed by atoms with Gasteiger partial charge in [0.05, 0.1) is 14.2 Å². The summed E-state index contributed by atoms with van der Waals surface area (Å²) in [7, 11) is 5.32. The van der Waals surface area contributed by atoms with E-state index in [0.717, 1.165) is 17.9 Å². The van der Waals surface area contributed by atoms with Crippen LogP contribution in [0.1, 0.15) is 22.7 Å². The van der Waals surface area contributed by atoms with E-state index in [1.807, 2.05) is 19.2 Å². The molecule has 3 heteroatoms. The molecule has 1 atom stereocenters. The summed E-state index contributed by atoms with van der Waals surface area (Å²) in [5.74, 6) is 1.53. The maximum absolute atomic E-state index is 5.38. The summed E-state index contributed by atoms with van der Waals surface area (Å²) < 4.78 is 10.7. The molecule has 0 saturated carbocycles. The molecule has 0 fully saturated rings. The summed E-state index contributed by atoms with van der Waals surface area (Å²) in [6.07, 6.45) is 0.904. The van der Waals surface area contributed by atoms with E-state index in [9.17, 15) is 0 Å². The number of likely N-dealkylation sites (N-methyl/N-ethyl adjacent to an activating group) is 1. The first-order chi connectivity index (χ1) is 10.2. The van der Waals surface area contributed by atoms with Gasteiger partial charge in [-0.2, -0.15) is 0 Å². The lowest BCUT2D eigenvalue weighted by Gasteiger charge is -2.19. The summed E-state index contributed by atoms with van der Waals surface area (Å²) in [4.78, 5) is 0. The minimum Gasteiger partial charge on any atom is -0.493 e. The SMILES string of the molecule is CNC(Cc1ccc(OC)c(OC)c1)c1ccccc1C. The van der Waals surface area contributed by atoms with E-state index in [1.54, 1.807) is 14.2 Å². The van der Waals surface area contributed by atoms with Gasteiger partial charge in [0.25, 0.3) is 0 Å².